The summed E-state index contributed by atoms with van der Waals surface area (Å²) < 4.78 is 7.10. The summed E-state index contributed by atoms with van der Waals surface area (Å²) in [5.41, 5.74) is 9.64. The van der Waals surface area contributed by atoms with Crippen molar-refractivity contribution >= 4 is 69.3 Å². The number of carbonyl (C=O) groups excluding carboxylic acids is 1. The van der Waals surface area contributed by atoms with E-state index in [-0.39, 0.29) is 41.8 Å². The predicted molar refractivity (Wildman–Crippen MR) is 127 cm³/mol. The second kappa shape index (κ2) is 9.41. The van der Waals surface area contributed by atoms with E-state index in [4.69, 9.17) is 27.2 Å². The van der Waals surface area contributed by atoms with Crippen molar-refractivity contribution in [3.63, 3.8) is 0 Å². The fraction of sp³-hybridized carbons (Fsp3) is 0.316. The first-order valence-corrected chi connectivity index (χ1v) is 10.5. The third-order valence-electron chi connectivity index (χ3n) is 4.73. The molecule has 0 aromatic carbocycles. The number of anilines is 1. The van der Waals surface area contributed by atoms with E-state index in [1.807, 2.05) is 13.0 Å². The summed E-state index contributed by atoms with van der Waals surface area (Å²) >= 11 is 8.02. The highest BCUT2D eigenvalue weighted by molar-refractivity contribution is 8.93. The molecular weight excluding hydrogens is 506 g/mol. The van der Waals surface area contributed by atoms with Crippen LogP contribution in [0.2, 0.25) is 5.02 Å². The summed E-state index contributed by atoms with van der Waals surface area (Å²) in [6.07, 6.45) is 3.92. The zero-order chi connectivity index (χ0) is 21.4. The van der Waals surface area contributed by atoms with E-state index in [1.54, 1.807) is 25.0 Å². The van der Waals surface area contributed by atoms with Crippen molar-refractivity contribution in [2.75, 3.05) is 25.6 Å². The van der Waals surface area contributed by atoms with Crippen molar-refractivity contribution in [1.82, 2.24) is 30.0 Å². The number of halogens is 2. The van der Waals surface area contributed by atoms with Crippen LogP contribution in [0.5, 0.6) is 5.75 Å². The second-order valence-electron chi connectivity index (χ2n) is 6.80. The molecule has 0 fully saturated rings. The number of carbonyl (C=O) groups is 1. The van der Waals surface area contributed by atoms with Crippen LogP contribution in [0.3, 0.4) is 0 Å². The number of thioether (sulfide) groups is 1. The Labute approximate surface area is 198 Å². The fourth-order valence-electron chi connectivity index (χ4n) is 3.29. The van der Waals surface area contributed by atoms with Gasteiger partial charge in [-0.25, -0.2) is 9.67 Å². The van der Waals surface area contributed by atoms with Gasteiger partial charge in [0.05, 0.1) is 30.4 Å². The zero-order valence-electron chi connectivity index (χ0n) is 17.1. The molecule has 1 amide bonds. The molecule has 3 aromatic heterocycles. The Kier molecular flexibility index (Phi) is 7.07. The Balaban J connectivity index is 0.00000272. The summed E-state index contributed by atoms with van der Waals surface area (Å²) in [7, 11) is 3.19. The van der Waals surface area contributed by atoms with Gasteiger partial charge in [0.15, 0.2) is 5.65 Å². The van der Waals surface area contributed by atoms with Gasteiger partial charge in [0.2, 0.25) is 11.9 Å². The van der Waals surface area contributed by atoms with Crippen molar-refractivity contribution in [2.45, 2.75) is 24.9 Å². The maximum absolute atomic E-state index is 11.9. The van der Waals surface area contributed by atoms with E-state index < -0.39 is 0 Å². The quantitative estimate of drug-likeness (QED) is 0.487. The largest absolute Gasteiger partial charge is 0.495 e. The number of nitrogens with zero attached hydrogens (tertiary/aromatic N) is 5. The summed E-state index contributed by atoms with van der Waals surface area (Å²) in [4.78, 5) is 25.1. The normalized spacial score (nSPS) is 12.7. The molecule has 31 heavy (non-hydrogen) atoms. The number of aromatic nitrogens is 5. The van der Waals surface area contributed by atoms with Crippen molar-refractivity contribution in [3.8, 4) is 5.75 Å². The molecule has 164 valence electrons. The van der Waals surface area contributed by atoms with Crippen molar-refractivity contribution in [3.05, 3.63) is 33.7 Å². The minimum absolute atomic E-state index is 0. The van der Waals surface area contributed by atoms with Gasteiger partial charge in [-0.15, -0.1) is 28.7 Å². The molecule has 3 aromatic rings. The van der Waals surface area contributed by atoms with E-state index in [9.17, 15) is 4.79 Å². The van der Waals surface area contributed by atoms with Gasteiger partial charge in [0.25, 0.3) is 0 Å². The Bertz CT molecular complexity index is 1200. The Hall–Kier alpha value is -2.37. The topological polar surface area (TPSA) is 121 Å². The van der Waals surface area contributed by atoms with Gasteiger partial charge in [-0.2, -0.15) is 10.1 Å². The third kappa shape index (κ3) is 4.48. The highest BCUT2D eigenvalue weighted by atomic mass is 79.9. The maximum atomic E-state index is 11.9. The summed E-state index contributed by atoms with van der Waals surface area (Å²) in [5.74, 6) is 1.31. The molecule has 0 unspecified atom stereocenters. The van der Waals surface area contributed by atoms with Crippen LogP contribution in [0.25, 0.3) is 17.1 Å². The molecule has 0 bridgehead atoms. The SMILES string of the molecule is Br.CNC(=O)CC1=Cc2nn(Cc3ncc(C)c(OC)c3Cl)c3nc(N)nc(c23)SC1. The maximum Gasteiger partial charge on any atom is 0.223 e. The number of hydrogen-bond donors (Lipinski definition) is 2. The minimum atomic E-state index is -0.0585. The zero-order valence-corrected chi connectivity index (χ0v) is 20.4. The molecule has 0 radical (unpaired) electrons. The molecule has 12 heteroatoms. The van der Waals surface area contributed by atoms with E-state index in [0.717, 1.165) is 21.5 Å². The van der Waals surface area contributed by atoms with E-state index in [1.165, 1.54) is 11.8 Å². The van der Waals surface area contributed by atoms with E-state index in [2.05, 4.69) is 20.3 Å². The van der Waals surface area contributed by atoms with Crippen LogP contribution in [-0.2, 0) is 11.3 Å². The van der Waals surface area contributed by atoms with Gasteiger partial charge in [0.1, 0.15) is 15.8 Å². The molecular formula is C19H21BrClN7O2S. The average Bonchev–Trinajstić information content (AvgIpc) is 2.95. The van der Waals surface area contributed by atoms with Crippen LogP contribution in [0.15, 0.2) is 16.8 Å². The van der Waals surface area contributed by atoms with Crippen LogP contribution in [0.4, 0.5) is 5.95 Å². The number of nitrogens with one attached hydrogen (secondary N) is 1. The monoisotopic (exact) mass is 525 g/mol. The molecule has 9 nitrogen and oxygen atoms in total. The number of nitrogens with two attached hydrogens (primary N) is 1. The Morgan fingerprint density at radius 1 is 1.42 bits per heavy atom. The van der Waals surface area contributed by atoms with Crippen LogP contribution >= 0.6 is 40.3 Å². The number of methoxy groups -OCH3 is 1. The van der Waals surface area contributed by atoms with Crippen LogP contribution in [0, 0.1) is 6.92 Å². The molecule has 3 N–H and O–H groups in total. The standard InChI is InChI=1S/C19H20ClN7O2S.BrH/c1-9-6-23-12(15(20)16(9)29-3)7-27-17-14-11(26-27)4-10(5-13(28)22-2)8-30-18(14)25-19(21)24-17;/h4,6H,5,7-8H2,1-3H3,(H,22,28)(H2,21,24,25);1H. The van der Waals surface area contributed by atoms with Gasteiger partial charge < -0.3 is 15.8 Å². The molecule has 0 saturated heterocycles. The molecule has 0 saturated carbocycles. The third-order valence-corrected chi connectivity index (χ3v) is 6.21. The number of aryl methyl sites for hydroxylation is 1. The predicted octanol–water partition coefficient (Wildman–Crippen LogP) is 3.03. The molecule has 4 rings (SSSR count). The Morgan fingerprint density at radius 3 is 2.90 bits per heavy atom. The lowest BCUT2D eigenvalue weighted by Crippen LogP contribution is -2.18. The molecule has 1 aliphatic rings. The smallest absolute Gasteiger partial charge is 0.223 e. The van der Waals surface area contributed by atoms with E-state index >= 15 is 0 Å². The summed E-state index contributed by atoms with van der Waals surface area (Å²) in [5, 5.41) is 9.34. The van der Waals surface area contributed by atoms with Crippen molar-refractivity contribution in [1.29, 1.82) is 0 Å². The highest BCUT2D eigenvalue weighted by Crippen LogP contribution is 2.36. The molecule has 4 heterocycles. The number of ether oxygens (including phenoxy) is 1. The molecule has 1 aliphatic heterocycles. The van der Waals surface area contributed by atoms with E-state index in [0.29, 0.717) is 33.6 Å². The lowest BCUT2D eigenvalue weighted by Gasteiger charge is -2.11. The van der Waals surface area contributed by atoms with Gasteiger partial charge in [-0.3, -0.25) is 9.78 Å². The number of pyridine rings is 1. The first-order chi connectivity index (χ1) is 14.4. The summed E-state index contributed by atoms with van der Waals surface area (Å²) in [6, 6.07) is 0. The fourth-order valence-corrected chi connectivity index (χ4v) is 4.63. The van der Waals surface area contributed by atoms with Gasteiger partial charge >= 0.3 is 0 Å². The van der Waals surface area contributed by atoms with Crippen molar-refractivity contribution < 1.29 is 9.53 Å². The molecule has 0 aliphatic carbocycles. The van der Waals surface area contributed by atoms with Gasteiger partial charge in [-0.05, 0) is 18.6 Å². The number of rotatable bonds is 5. The van der Waals surface area contributed by atoms with Crippen LogP contribution in [0.1, 0.15) is 23.4 Å². The minimum Gasteiger partial charge on any atom is -0.495 e. The molecule has 0 spiro atoms. The lowest BCUT2D eigenvalue weighted by molar-refractivity contribution is -0.119. The van der Waals surface area contributed by atoms with Crippen LogP contribution in [-0.4, -0.2) is 50.5 Å². The van der Waals surface area contributed by atoms with Crippen molar-refractivity contribution in [2.24, 2.45) is 0 Å². The second-order valence-corrected chi connectivity index (χ2v) is 8.15. The first kappa shape index (κ1) is 23.3. The number of hydrogen-bond acceptors (Lipinski definition) is 8. The lowest BCUT2D eigenvalue weighted by atomic mass is 10.1. The Morgan fingerprint density at radius 2 is 2.19 bits per heavy atom. The van der Waals surface area contributed by atoms with Gasteiger partial charge in [-0.1, -0.05) is 11.6 Å². The average molecular weight is 527 g/mol. The summed E-state index contributed by atoms with van der Waals surface area (Å²) in [6.45, 7) is 2.16. The number of amides is 1. The van der Waals surface area contributed by atoms with Crippen LogP contribution < -0.4 is 15.8 Å². The first-order valence-electron chi connectivity index (χ1n) is 9.16. The van der Waals surface area contributed by atoms with Gasteiger partial charge in [0, 0.05) is 31.0 Å². The molecule has 0 atom stereocenters. The highest BCUT2D eigenvalue weighted by Gasteiger charge is 2.23. The number of nitrogen functional groups attached to an aromatic ring is 1.